The lowest BCUT2D eigenvalue weighted by atomic mass is 10.0. The quantitative estimate of drug-likeness (QED) is 0.901. The Hall–Kier alpha value is -1.42. The van der Waals surface area contributed by atoms with Crippen molar-refractivity contribution in [3.05, 3.63) is 40.7 Å². The predicted octanol–water partition coefficient (Wildman–Crippen LogP) is 3.81. The van der Waals surface area contributed by atoms with Gasteiger partial charge >= 0.3 is 0 Å². The Bertz CT molecular complexity index is 546. The molecule has 1 N–H and O–H groups in total. The number of nitrogens with zero attached hydrogens (tertiary/aromatic N) is 2. The summed E-state index contributed by atoms with van der Waals surface area (Å²) in [6.07, 6.45) is 0.807. The molecule has 0 aliphatic rings. The number of rotatable bonds is 5. The van der Waals surface area contributed by atoms with Gasteiger partial charge in [-0.3, -0.25) is 0 Å². The van der Waals surface area contributed by atoms with Gasteiger partial charge < -0.3 is 5.32 Å². The third kappa shape index (κ3) is 4.03. The van der Waals surface area contributed by atoms with Gasteiger partial charge in [0.1, 0.15) is 5.82 Å². The molecule has 1 aromatic carbocycles. The van der Waals surface area contributed by atoms with Gasteiger partial charge in [-0.25, -0.2) is 4.98 Å². The van der Waals surface area contributed by atoms with Crippen molar-refractivity contribution in [3.8, 4) is 0 Å². The van der Waals surface area contributed by atoms with E-state index in [-0.39, 0.29) is 0 Å². The van der Waals surface area contributed by atoms with E-state index in [1.165, 1.54) is 28.2 Å². The van der Waals surface area contributed by atoms with Crippen molar-refractivity contribution >= 4 is 16.7 Å². The van der Waals surface area contributed by atoms with E-state index >= 15 is 0 Å². The standard InChI is InChI=1S/C15H21N3S/c1-10(2)9-16-15-17-14(18-19-15)8-13-6-5-11(3)12(4)7-13/h5-7,10H,8-9H2,1-4H3,(H,16,17,18). The molecule has 0 saturated carbocycles. The Morgan fingerprint density at radius 2 is 2.00 bits per heavy atom. The molecule has 0 amide bonds. The number of aryl methyl sites for hydroxylation is 2. The van der Waals surface area contributed by atoms with Crippen molar-refractivity contribution in [3.63, 3.8) is 0 Å². The van der Waals surface area contributed by atoms with Crippen LogP contribution in [0.3, 0.4) is 0 Å². The summed E-state index contributed by atoms with van der Waals surface area (Å²) in [6, 6.07) is 6.54. The SMILES string of the molecule is Cc1ccc(Cc2nsc(NCC(C)C)n2)cc1C. The number of benzene rings is 1. The maximum Gasteiger partial charge on any atom is 0.202 e. The van der Waals surface area contributed by atoms with Crippen LogP contribution in [0.5, 0.6) is 0 Å². The molecule has 0 bridgehead atoms. The van der Waals surface area contributed by atoms with Gasteiger partial charge in [-0.2, -0.15) is 4.37 Å². The Kier molecular flexibility index (Phi) is 4.53. The summed E-state index contributed by atoms with van der Waals surface area (Å²) in [4.78, 5) is 4.53. The van der Waals surface area contributed by atoms with Gasteiger partial charge in [0.15, 0.2) is 0 Å². The summed E-state index contributed by atoms with van der Waals surface area (Å²) < 4.78 is 4.41. The van der Waals surface area contributed by atoms with E-state index in [1.807, 2.05) is 0 Å². The topological polar surface area (TPSA) is 37.8 Å². The Balaban J connectivity index is 2.01. The minimum atomic E-state index is 0.618. The fourth-order valence-corrected chi connectivity index (χ4v) is 2.38. The molecule has 0 unspecified atom stereocenters. The highest BCUT2D eigenvalue weighted by Gasteiger charge is 2.06. The van der Waals surface area contributed by atoms with Crippen LogP contribution in [0.4, 0.5) is 5.13 Å². The molecule has 1 heterocycles. The van der Waals surface area contributed by atoms with Crippen molar-refractivity contribution in [2.75, 3.05) is 11.9 Å². The van der Waals surface area contributed by atoms with Crippen molar-refractivity contribution in [2.45, 2.75) is 34.1 Å². The summed E-state index contributed by atoms with van der Waals surface area (Å²) in [5, 5.41) is 4.24. The van der Waals surface area contributed by atoms with E-state index in [0.717, 1.165) is 23.9 Å². The predicted molar refractivity (Wildman–Crippen MR) is 82.0 cm³/mol. The van der Waals surface area contributed by atoms with Crippen LogP contribution >= 0.6 is 11.5 Å². The number of anilines is 1. The van der Waals surface area contributed by atoms with E-state index < -0.39 is 0 Å². The molecule has 19 heavy (non-hydrogen) atoms. The highest BCUT2D eigenvalue weighted by Crippen LogP contribution is 2.16. The van der Waals surface area contributed by atoms with Crippen molar-refractivity contribution in [1.82, 2.24) is 9.36 Å². The van der Waals surface area contributed by atoms with Gasteiger partial charge in [-0.15, -0.1) is 0 Å². The first-order valence-electron chi connectivity index (χ1n) is 6.67. The first kappa shape index (κ1) is 14.0. The zero-order valence-electron chi connectivity index (χ0n) is 12.0. The molecule has 4 heteroatoms. The second-order valence-corrected chi connectivity index (χ2v) is 6.14. The van der Waals surface area contributed by atoms with Crippen LogP contribution in [0.15, 0.2) is 18.2 Å². The Morgan fingerprint density at radius 3 is 2.68 bits per heavy atom. The molecule has 0 fully saturated rings. The molecule has 102 valence electrons. The lowest BCUT2D eigenvalue weighted by molar-refractivity contribution is 0.688. The Morgan fingerprint density at radius 1 is 1.21 bits per heavy atom. The van der Waals surface area contributed by atoms with Crippen LogP contribution in [0.2, 0.25) is 0 Å². The van der Waals surface area contributed by atoms with Gasteiger partial charge in [0.25, 0.3) is 0 Å². The molecule has 3 nitrogen and oxygen atoms in total. The first-order valence-corrected chi connectivity index (χ1v) is 7.44. The van der Waals surface area contributed by atoms with E-state index in [0.29, 0.717) is 5.92 Å². The van der Waals surface area contributed by atoms with E-state index in [4.69, 9.17) is 0 Å². The van der Waals surface area contributed by atoms with Crippen LogP contribution < -0.4 is 5.32 Å². The monoisotopic (exact) mass is 275 g/mol. The maximum atomic E-state index is 4.53. The lowest BCUT2D eigenvalue weighted by Crippen LogP contribution is -2.07. The zero-order valence-corrected chi connectivity index (χ0v) is 12.8. The average Bonchev–Trinajstić information content (AvgIpc) is 2.79. The summed E-state index contributed by atoms with van der Waals surface area (Å²) in [6.45, 7) is 9.59. The summed E-state index contributed by atoms with van der Waals surface area (Å²) >= 11 is 1.45. The first-order chi connectivity index (χ1) is 9.04. The molecule has 0 atom stereocenters. The van der Waals surface area contributed by atoms with Crippen molar-refractivity contribution < 1.29 is 0 Å². The number of nitrogens with one attached hydrogen (secondary N) is 1. The van der Waals surface area contributed by atoms with E-state index in [9.17, 15) is 0 Å². The molecule has 0 aliphatic heterocycles. The van der Waals surface area contributed by atoms with Crippen LogP contribution in [0.25, 0.3) is 0 Å². The van der Waals surface area contributed by atoms with E-state index in [2.05, 4.69) is 60.6 Å². The minimum Gasteiger partial charge on any atom is -0.360 e. The van der Waals surface area contributed by atoms with Gasteiger partial charge in [0, 0.05) is 24.5 Å². The fraction of sp³-hybridized carbons (Fsp3) is 0.467. The molecular weight excluding hydrogens is 254 g/mol. The van der Waals surface area contributed by atoms with Gasteiger partial charge in [0.2, 0.25) is 5.13 Å². The molecule has 2 rings (SSSR count). The molecule has 1 aromatic heterocycles. The molecule has 0 saturated heterocycles. The minimum absolute atomic E-state index is 0.618. The second kappa shape index (κ2) is 6.15. The molecule has 0 spiro atoms. The van der Waals surface area contributed by atoms with Gasteiger partial charge in [0.05, 0.1) is 0 Å². The third-order valence-electron chi connectivity index (χ3n) is 3.06. The fourth-order valence-electron chi connectivity index (χ4n) is 1.79. The molecule has 2 aromatic rings. The molecular formula is C15H21N3S. The van der Waals surface area contributed by atoms with Crippen molar-refractivity contribution in [2.24, 2.45) is 5.92 Å². The second-order valence-electron chi connectivity index (χ2n) is 5.39. The summed E-state index contributed by atoms with van der Waals surface area (Å²) in [5.74, 6) is 1.52. The molecule has 0 radical (unpaired) electrons. The smallest absolute Gasteiger partial charge is 0.202 e. The van der Waals surface area contributed by atoms with Crippen LogP contribution in [0, 0.1) is 19.8 Å². The zero-order chi connectivity index (χ0) is 13.8. The Labute approximate surface area is 119 Å². The van der Waals surface area contributed by atoms with Crippen LogP contribution in [0.1, 0.15) is 36.4 Å². The molecule has 0 aliphatic carbocycles. The van der Waals surface area contributed by atoms with E-state index in [1.54, 1.807) is 0 Å². The third-order valence-corrected chi connectivity index (χ3v) is 3.77. The lowest BCUT2D eigenvalue weighted by Gasteiger charge is -2.04. The van der Waals surface area contributed by atoms with Crippen LogP contribution in [-0.2, 0) is 6.42 Å². The number of hydrogen-bond acceptors (Lipinski definition) is 4. The largest absolute Gasteiger partial charge is 0.360 e. The van der Waals surface area contributed by atoms with Crippen LogP contribution in [-0.4, -0.2) is 15.9 Å². The van der Waals surface area contributed by atoms with Gasteiger partial charge in [-0.1, -0.05) is 32.0 Å². The normalized spacial score (nSPS) is 11.0. The summed E-state index contributed by atoms with van der Waals surface area (Å²) in [5.41, 5.74) is 3.93. The highest BCUT2D eigenvalue weighted by atomic mass is 32.1. The summed E-state index contributed by atoms with van der Waals surface area (Å²) in [7, 11) is 0. The van der Waals surface area contributed by atoms with Gasteiger partial charge in [-0.05, 0) is 36.5 Å². The van der Waals surface area contributed by atoms with Crippen molar-refractivity contribution in [1.29, 1.82) is 0 Å². The highest BCUT2D eigenvalue weighted by molar-refractivity contribution is 7.09. The average molecular weight is 275 g/mol. The number of hydrogen-bond donors (Lipinski definition) is 1. The maximum absolute atomic E-state index is 4.53. The number of aromatic nitrogens is 2.